The molecule has 134 valence electrons. The molecule has 0 aromatic heterocycles. The highest BCUT2D eigenvalue weighted by Gasteiger charge is 2.24. The third kappa shape index (κ3) is 5.77. The SMILES string of the molecule is CSCC[C@H](N)C(=O)NCC(c1ccc(C)cc1)N1CCOCC1. The van der Waals surface area contributed by atoms with Crippen molar-refractivity contribution < 1.29 is 9.53 Å². The first kappa shape index (κ1) is 19.2. The lowest BCUT2D eigenvalue weighted by molar-refractivity contribution is -0.122. The molecular weight excluding hydrogens is 322 g/mol. The number of amides is 1. The molecule has 0 bridgehead atoms. The molecule has 0 aliphatic carbocycles. The van der Waals surface area contributed by atoms with Gasteiger partial charge in [0.15, 0.2) is 0 Å². The summed E-state index contributed by atoms with van der Waals surface area (Å²) in [7, 11) is 0. The highest BCUT2D eigenvalue weighted by molar-refractivity contribution is 7.98. The minimum absolute atomic E-state index is 0.0607. The summed E-state index contributed by atoms with van der Waals surface area (Å²) in [6.07, 6.45) is 2.73. The van der Waals surface area contributed by atoms with Crippen molar-refractivity contribution >= 4 is 17.7 Å². The van der Waals surface area contributed by atoms with Crippen molar-refractivity contribution in [3.8, 4) is 0 Å². The standard InChI is InChI=1S/C18H29N3O2S/c1-14-3-5-15(6-4-14)17(21-8-10-23-11-9-21)13-20-18(22)16(19)7-12-24-2/h3-6,16-17H,7-13,19H2,1-2H3,(H,20,22)/t16-,17?/m0/s1. The number of nitrogens with one attached hydrogen (secondary N) is 1. The number of thioether (sulfide) groups is 1. The summed E-state index contributed by atoms with van der Waals surface area (Å²) >= 11 is 1.71. The fraction of sp³-hybridized carbons (Fsp3) is 0.611. The summed E-state index contributed by atoms with van der Waals surface area (Å²) in [6.45, 7) is 5.90. The molecule has 6 heteroatoms. The molecule has 1 aromatic carbocycles. The van der Waals surface area contributed by atoms with E-state index in [0.29, 0.717) is 13.0 Å². The highest BCUT2D eigenvalue weighted by atomic mass is 32.2. The van der Waals surface area contributed by atoms with Crippen LogP contribution in [0.4, 0.5) is 0 Å². The van der Waals surface area contributed by atoms with Gasteiger partial charge in [-0.2, -0.15) is 11.8 Å². The van der Waals surface area contributed by atoms with Gasteiger partial charge in [-0.15, -0.1) is 0 Å². The Hall–Kier alpha value is -1.08. The second-order valence-corrected chi connectivity index (χ2v) is 7.19. The van der Waals surface area contributed by atoms with E-state index in [1.54, 1.807) is 11.8 Å². The average Bonchev–Trinajstić information content (AvgIpc) is 2.62. The van der Waals surface area contributed by atoms with Gasteiger partial charge in [-0.25, -0.2) is 0 Å². The molecule has 1 amide bonds. The largest absolute Gasteiger partial charge is 0.379 e. The molecule has 1 aliphatic rings. The quantitative estimate of drug-likeness (QED) is 0.744. The number of ether oxygens (including phenoxy) is 1. The second kappa shape index (κ2) is 10.0. The van der Waals surface area contributed by atoms with Gasteiger partial charge in [0.05, 0.1) is 25.3 Å². The molecule has 2 atom stereocenters. The monoisotopic (exact) mass is 351 g/mol. The number of nitrogens with zero attached hydrogens (tertiary/aromatic N) is 1. The maximum atomic E-state index is 12.2. The van der Waals surface area contributed by atoms with Crippen LogP contribution in [0.1, 0.15) is 23.6 Å². The van der Waals surface area contributed by atoms with Crippen molar-refractivity contribution in [3.63, 3.8) is 0 Å². The van der Waals surface area contributed by atoms with Crippen LogP contribution in [0.25, 0.3) is 0 Å². The van der Waals surface area contributed by atoms with Gasteiger partial charge in [0.1, 0.15) is 0 Å². The molecule has 1 unspecified atom stereocenters. The number of hydrogen-bond donors (Lipinski definition) is 2. The first-order chi connectivity index (χ1) is 11.6. The van der Waals surface area contributed by atoms with Crippen molar-refractivity contribution in [2.75, 3.05) is 44.9 Å². The smallest absolute Gasteiger partial charge is 0.237 e. The van der Waals surface area contributed by atoms with Crippen LogP contribution in [-0.2, 0) is 9.53 Å². The predicted molar refractivity (Wildman–Crippen MR) is 100 cm³/mol. The van der Waals surface area contributed by atoms with E-state index in [1.165, 1.54) is 11.1 Å². The minimum atomic E-state index is -0.430. The zero-order chi connectivity index (χ0) is 17.4. The Balaban J connectivity index is 2.00. The summed E-state index contributed by atoms with van der Waals surface area (Å²) in [5.41, 5.74) is 8.43. The Morgan fingerprint density at radius 3 is 2.62 bits per heavy atom. The van der Waals surface area contributed by atoms with Crippen LogP contribution in [0.15, 0.2) is 24.3 Å². The number of carbonyl (C=O) groups excluding carboxylic acids is 1. The molecule has 1 heterocycles. The van der Waals surface area contributed by atoms with E-state index in [4.69, 9.17) is 10.5 Å². The molecular formula is C18H29N3O2S. The molecule has 2 rings (SSSR count). The maximum absolute atomic E-state index is 12.2. The van der Waals surface area contributed by atoms with Crippen LogP contribution < -0.4 is 11.1 Å². The molecule has 24 heavy (non-hydrogen) atoms. The summed E-state index contributed by atoms with van der Waals surface area (Å²) in [6, 6.07) is 8.26. The van der Waals surface area contributed by atoms with Crippen molar-refractivity contribution in [3.05, 3.63) is 35.4 Å². The zero-order valence-corrected chi connectivity index (χ0v) is 15.5. The molecule has 0 radical (unpaired) electrons. The highest BCUT2D eigenvalue weighted by Crippen LogP contribution is 2.21. The van der Waals surface area contributed by atoms with Crippen molar-refractivity contribution in [2.45, 2.75) is 25.4 Å². The number of carbonyl (C=O) groups is 1. The van der Waals surface area contributed by atoms with Gasteiger partial charge in [0.25, 0.3) is 0 Å². The second-order valence-electron chi connectivity index (χ2n) is 6.21. The number of hydrogen-bond acceptors (Lipinski definition) is 5. The van der Waals surface area contributed by atoms with Crippen molar-refractivity contribution in [2.24, 2.45) is 5.73 Å². The third-order valence-corrected chi connectivity index (χ3v) is 5.03. The van der Waals surface area contributed by atoms with Gasteiger partial charge in [-0.05, 0) is 30.9 Å². The van der Waals surface area contributed by atoms with Gasteiger partial charge >= 0.3 is 0 Å². The average molecular weight is 352 g/mol. The van der Waals surface area contributed by atoms with Gasteiger partial charge in [0, 0.05) is 19.6 Å². The van der Waals surface area contributed by atoms with Gasteiger partial charge in [-0.3, -0.25) is 9.69 Å². The van der Waals surface area contributed by atoms with Crippen LogP contribution in [0, 0.1) is 6.92 Å². The van der Waals surface area contributed by atoms with Crippen LogP contribution in [0.3, 0.4) is 0 Å². The maximum Gasteiger partial charge on any atom is 0.237 e. The van der Waals surface area contributed by atoms with Gasteiger partial charge < -0.3 is 15.8 Å². The Bertz CT molecular complexity index is 503. The van der Waals surface area contributed by atoms with Crippen LogP contribution in [0.2, 0.25) is 0 Å². The summed E-state index contributed by atoms with van der Waals surface area (Å²) < 4.78 is 5.46. The Morgan fingerprint density at radius 2 is 2.00 bits per heavy atom. The normalized spacial score (nSPS) is 18.1. The van der Waals surface area contributed by atoms with Crippen LogP contribution in [-0.4, -0.2) is 61.7 Å². The molecule has 0 saturated carbocycles. The molecule has 5 nitrogen and oxygen atoms in total. The Morgan fingerprint density at radius 1 is 1.33 bits per heavy atom. The lowest BCUT2D eigenvalue weighted by Crippen LogP contribution is -2.47. The molecule has 3 N–H and O–H groups in total. The molecule has 1 aliphatic heterocycles. The Kier molecular flexibility index (Phi) is 8.05. The molecule has 1 saturated heterocycles. The number of morpholine rings is 1. The Labute approximate surface area is 149 Å². The van der Waals surface area contributed by atoms with E-state index >= 15 is 0 Å². The first-order valence-corrected chi connectivity index (χ1v) is 9.91. The number of benzene rings is 1. The fourth-order valence-corrected chi connectivity index (χ4v) is 3.33. The number of rotatable bonds is 8. The summed E-state index contributed by atoms with van der Waals surface area (Å²) in [5.74, 6) is 0.842. The van der Waals surface area contributed by atoms with Gasteiger partial charge in [0.2, 0.25) is 5.91 Å². The van der Waals surface area contributed by atoms with E-state index in [-0.39, 0.29) is 11.9 Å². The lowest BCUT2D eigenvalue weighted by Gasteiger charge is -2.35. The third-order valence-electron chi connectivity index (χ3n) is 4.39. The number of aryl methyl sites for hydroxylation is 1. The topological polar surface area (TPSA) is 67.6 Å². The number of nitrogens with two attached hydrogens (primary N) is 1. The van der Waals surface area contributed by atoms with E-state index in [2.05, 4.69) is 41.4 Å². The van der Waals surface area contributed by atoms with Gasteiger partial charge in [-0.1, -0.05) is 29.8 Å². The van der Waals surface area contributed by atoms with Crippen molar-refractivity contribution in [1.82, 2.24) is 10.2 Å². The van der Waals surface area contributed by atoms with E-state index < -0.39 is 6.04 Å². The predicted octanol–water partition coefficient (Wildman–Crippen LogP) is 1.56. The van der Waals surface area contributed by atoms with E-state index in [9.17, 15) is 4.79 Å². The van der Waals surface area contributed by atoms with E-state index in [1.807, 2.05) is 6.26 Å². The van der Waals surface area contributed by atoms with Crippen LogP contribution >= 0.6 is 11.8 Å². The minimum Gasteiger partial charge on any atom is -0.379 e. The fourth-order valence-electron chi connectivity index (χ4n) is 2.84. The first-order valence-electron chi connectivity index (χ1n) is 8.52. The summed E-state index contributed by atoms with van der Waals surface area (Å²) in [5, 5.41) is 3.05. The van der Waals surface area contributed by atoms with Crippen LogP contribution in [0.5, 0.6) is 0 Å². The van der Waals surface area contributed by atoms with Crippen molar-refractivity contribution in [1.29, 1.82) is 0 Å². The van der Waals surface area contributed by atoms with E-state index in [0.717, 1.165) is 32.1 Å². The summed E-state index contributed by atoms with van der Waals surface area (Å²) in [4.78, 5) is 14.6. The molecule has 1 fully saturated rings. The zero-order valence-electron chi connectivity index (χ0n) is 14.7. The lowest BCUT2D eigenvalue weighted by atomic mass is 10.0. The molecule has 0 spiro atoms. The molecule has 1 aromatic rings.